The fourth-order valence-electron chi connectivity index (χ4n) is 4.12. The molecule has 0 unspecified atom stereocenters. The molecule has 144 valence electrons. The van der Waals surface area contributed by atoms with Crippen molar-refractivity contribution < 1.29 is 13.2 Å². The molecule has 26 heavy (non-hydrogen) atoms. The van der Waals surface area contributed by atoms with Crippen molar-refractivity contribution in [2.75, 3.05) is 11.4 Å². The molecule has 0 aromatic heterocycles. The van der Waals surface area contributed by atoms with Crippen LogP contribution in [0.5, 0.6) is 0 Å². The highest BCUT2D eigenvalue weighted by Gasteiger charge is 2.29. The SMILES string of the molecule is C[C@H]1Cc2cc(S(N)(=O)=O)ccc2N1CC(=O)NC1CCCCCCC1. The van der Waals surface area contributed by atoms with Crippen LogP contribution >= 0.6 is 0 Å². The summed E-state index contributed by atoms with van der Waals surface area (Å²) in [5.74, 6) is 0.0470. The number of anilines is 1. The van der Waals surface area contributed by atoms with Gasteiger partial charge in [0.15, 0.2) is 0 Å². The first-order chi connectivity index (χ1) is 12.3. The summed E-state index contributed by atoms with van der Waals surface area (Å²) in [7, 11) is -3.71. The Morgan fingerprint density at radius 1 is 1.19 bits per heavy atom. The van der Waals surface area contributed by atoms with E-state index in [0.717, 1.165) is 30.5 Å². The lowest BCUT2D eigenvalue weighted by Gasteiger charge is -2.27. The predicted octanol–water partition coefficient (Wildman–Crippen LogP) is 2.31. The van der Waals surface area contributed by atoms with Crippen molar-refractivity contribution in [3.8, 4) is 0 Å². The highest BCUT2D eigenvalue weighted by atomic mass is 32.2. The molecule has 1 saturated carbocycles. The number of fused-ring (bicyclic) bond motifs is 1. The largest absolute Gasteiger partial charge is 0.359 e. The maximum absolute atomic E-state index is 12.6. The molecule has 1 aromatic rings. The van der Waals surface area contributed by atoms with Gasteiger partial charge in [0.1, 0.15) is 0 Å². The molecule has 1 fully saturated rings. The van der Waals surface area contributed by atoms with Gasteiger partial charge in [0.05, 0.1) is 11.4 Å². The molecular formula is C19H29N3O3S. The Morgan fingerprint density at radius 2 is 1.85 bits per heavy atom. The van der Waals surface area contributed by atoms with E-state index in [4.69, 9.17) is 5.14 Å². The Morgan fingerprint density at radius 3 is 2.50 bits per heavy atom. The monoisotopic (exact) mass is 379 g/mol. The molecule has 2 aliphatic rings. The summed E-state index contributed by atoms with van der Waals surface area (Å²) < 4.78 is 23.1. The van der Waals surface area contributed by atoms with Crippen molar-refractivity contribution in [3.05, 3.63) is 23.8 Å². The number of hydrogen-bond acceptors (Lipinski definition) is 4. The van der Waals surface area contributed by atoms with Crippen molar-refractivity contribution in [2.45, 2.75) is 75.3 Å². The Labute approximate surface area is 156 Å². The van der Waals surface area contributed by atoms with Gasteiger partial charge in [0.2, 0.25) is 15.9 Å². The number of nitrogens with zero attached hydrogens (tertiary/aromatic N) is 1. The average molecular weight is 380 g/mol. The lowest BCUT2D eigenvalue weighted by molar-refractivity contribution is -0.120. The van der Waals surface area contributed by atoms with Gasteiger partial charge in [-0.3, -0.25) is 4.79 Å². The number of sulfonamides is 1. The zero-order valence-electron chi connectivity index (χ0n) is 15.4. The van der Waals surface area contributed by atoms with Gasteiger partial charge < -0.3 is 10.2 Å². The molecule has 1 amide bonds. The van der Waals surface area contributed by atoms with Gasteiger partial charge in [-0.05, 0) is 49.9 Å². The van der Waals surface area contributed by atoms with E-state index in [1.165, 1.54) is 38.2 Å². The maximum atomic E-state index is 12.6. The van der Waals surface area contributed by atoms with Gasteiger partial charge in [-0.2, -0.15) is 0 Å². The fraction of sp³-hybridized carbons (Fsp3) is 0.632. The molecule has 0 radical (unpaired) electrons. The molecule has 3 rings (SSSR count). The van der Waals surface area contributed by atoms with Crippen LogP contribution in [0.4, 0.5) is 5.69 Å². The molecule has 0 saturated heterocycles. The molecule has 1 heterocycles. The number of carbonyl (C=O) groups excluding carboxylic acids is 1. The molecule has 1 atom stereocenters. The summed E-state index contributed by atoms with van der Waals surface area (Å²) in [5.41, 5.74) is 1.86. The van der Waals surface area contributed by atoms with Crippen LogP contribution in [-0.4, -0.2) is 33.0 Å². The summed E-state index contributed by atoms with van der Waals surface area (Å²) in [6, 6.07) is 5.36. The van der Waals surface area contributed by atoms with Gasteiger partial charge in [0, 0.05) is 17.8 Å². The summed E-state index contributed by atoms with van der Waals surface area (Å²) >= 11 is 0. The van der Waals surface area contributed by atoms with Crippen LogP contribution in [0.3, 0.4) is 0 Å². The summed E-state index contributed by atoms with van der Waals surface area (Å²) in [5, 5.41) is 8.43. The Balaban J connectivity index is 1.66. The number of primary sulfonamides is 1. The second-order valence-corrected chi connectivity index (χ2v) is 9.19. The topological polar surface area (TPSA) is 92.5 Å². The summed E-state index contributed by atoms with van der Waals surface area (Å²) in [6.45, 7) is 2.36. The van der Waals surface area contributed by atoms with E-state index in [2.05, 4.69) is 17.1 Å². The summed E-state index contributed by atoms with van der Waals surface area (Å²) in [4.78, 5) is 14.8. The van der Waals surface area contributed by atoms with Crippen molar-refractivity contribution in [3.63, 3.8) is 0 Å². The normalized spacial score (nSPS) is 21.8. The maximum Gasteiger partial charge on any atom is 0.239 e. The van der Waals surface area contributed by atoms with Crippen LogP contribution in [0.2, 0.25) is 0 Å². The minimum Gasteiger partial charge on any atom is -0.359 e. The van der Waals surface area contributed by atoms with Crippen LogP contribution in [0.25, 0.3) is 0 Å². The zero-order chi connectivity index (χ0) is 18.7. The van der Waals surface area contributed by atoms with Crippen molar-refractivity contribution >= 4 is 21.6 Å². The van der Waals surface area contributed by atoms with Gasteiger partial charge in [-0.1, -0.05) is 32.1 Å². The fourth-order valence-corrected chi connectivity index (χ4v) is 4.68. The van der Waals surface area contributed by atoms with Crippen LogP contribution < -0.4 is 15.4 Å². The number of nitrogens with two attached hydrogens (primary N) is 1. The van der Waals surface area contributed by atoms with Crippen LogP contribution in [-0.2, 0) is 21.2 Å². The van der Waals surface area contributed by atoms with E-state index >= 15 is 0 Å². The molecular weight excluding hydrogens is 350 g/mol. The molecule has 1 aromatic carbocycles. The van der Waals surface area contributed by atoms with Gasteiger partial charge in [0.25, 0.3) is 0 Å². The first kappa shape index (κ1) is 19.2. The van der Waals surface area contributed by atoms with Crippen molar-refractivity contribution in [2.24, 2.45) is 5.14 Å². The van der Waals surface area contributed by atoms with Gasteiger partial charge in [-0.15, -0.1) is 0 Å². The van der Waals surface area contributed by atoms with Crippen molar-refractivity contribution in [1.82, 2.24) is 5.32 Å². The smallest absolute Gasteiger partial charge is 0.239 e. The highest BCUT2D eigenvalue weighted by molar-refractivity contribution is 7.89. The van der Waals surface area contributed by atoms with E-state index < -0.39 is 10.0 Å². The molecule has 1 aliphatic carbocycles. The number of carbonyl (C=O) groups is 1. The number of hydrogen-bond donors (Lipinski definition) is 2. The second kappa shape index (κ2) is 7.96. The molecule has 0 spiro atoms. The molecule has 7 heteroatoms. The number of rotatable bonds is 4. The van der Waals surface area contributed by atoms with Crippen LogP contribution in [0, 0.1) is 0 Å². The number of nitrogens with one attached hydrogen (secondary N) is 1. The molecule has 0 bridgehead atoms. The lowest BCUT2D eigenvalue weighted by Crippen LogP contribution is -2.44. The predicted molar refractivity (Wildman–Crippen MR) is 103 cm³/mol. The van der Waals surface area contributed by atoms with Crippen LogP contribution in [0.1, 0.15) is 57.4 Å². The van der Waals surface area contributed by atoms with E-state index in [-0.39, 0.29) is 22.9 Å². The van der Waals surface area contributed by atoms with Crippen LogP contribution in [0.15, 0.2) is 23.1 Å². The summed E-state index contributed by atoms with van der Waals surface area (Å²) in [6.07, 6.45) is 9.04. The molecule has 6 nitrogen and oxygen atoms in total. The quantitative estimate of drug-likeness (QED) is 0.840. The third-order valence-electron chi connectivity index (χ3n) is 5.52. The Kier molecular flexibility index (Phi) is 5.87. The Hall–Kier alpha value is -1.60. The average Bonchev–Trinajstić information content (AvgIpc) is 2.84. The molecule has 1 aliphatic heterocycles. The number of amides is 1. The second-order valence-electron chi connectivity index (χ2n) is 7.63. The third-order valence-corrected chi connectivity index (χ3v) is 6.43. The van der Waals surface area contributed by atoms with E-state index in [1.807, 2.05) is 0 Å². The third kappa shape index (κ3) is 4.57. The first-order valence-electron chi connectivity index (χ1n) is 9.56. The minimum absolute atomic E-state index is 0.0470. The van der Waals surface area contributed by atoms with E-state index in [1.54, 1.807) is 12.1 Å². The zero-order valence-corrected chi connectivity index (χ0v) is 16.2. The van der Waals surface area contributed by atoms with Gasteiger partial charge in [-0.25, -0.2) is 13.6 Å². The lowest BCUT2D eigenvalue weighted by atomic mass is 9.97. The Bertz CT molecular complexity index is 755. The van der Waals surface area contributed by atoms with E-state index in [0.29, 0.717) is 6.54 Å². The standard InChI is InChI=1S/C19H29N3O3S/c1-14-11-15-12-17(26(20,24)25)9-10-18(15)22(14)13-19(23)21-16-7-5-3-2-4-6-8-16/h9-10,12,14,16H,2-8,11,13H2,1H3,(H,21,23)(H2,20,24,25)/t14-/m0/s1. The first-order valence-corrected chi connectivity index (χ1v) is 11.1. The van der Waals surface area contributed by atoms with Gasteiger partial charge >= 0.3 is 0 Å². The van der Waals surface area contributed by atoms with E-state index in [9.17, 15) is 13.2 Å². The van der Waals surface area contributed by atoms with Crippen molar-refractivity contribution in [1.29, 1.82) is 0 Å². The highest BCUT2D eigenvalue weighted by Crippen LogP contribution is 2.33. The number of benzene rings is 1. The molecule has 3 N–H and O–H groups in total. The minimum atomic E-state index is -3.71.